The number of aromatic nitrogens is 4. The van der Waals surface area contributed by atoms with Gasteiger partial charge in [0.2, 0.25) is 0 Å². The van der Waals surface area contributed by atoms with Crippen molar-refractivity contribution in [1.29, 1.82) is 0 Å². The summed E-state index contributed by atoms with van der Waals surface area (Å²) in [4.78, 5) is 9.01. The summed E-state index contributed by atoms with van der Waals surface area (Å²) in [5.74, 6) is 0. The molecule has 4 rings (SSSR count). The molecule has 0 unspecified atom stereocenters. The predicted octanol–water partition coefficient (Wildman–Crippen LogP) is 1.25. The van der Waals surface area contributed by atoms with Crippen molar-refractivity contribution in [3.8, 4) is 0 Å². The molecule has 0 spiro atoms. The van der Waals surface area contributed by atoms with Gasteiger partial charge in [0.05, 0.1) is 0 Å². The van der Waals surface area contributed by atoms with Crippen LogP contribution >= 0.6 is 0 Å². The molecule has 103 valence electrons. The van der Waals surface area contributed by atoms with Crippen LogP contribution in [0.25, 0.3) is 11.3 Å². The predicted molar refractivity (Wildman–Crippen MR) is 84.9 cm³/mol. The third-order valence-corrected chi connectivity index (χ3v) is 5.62. The van der Waals surface area contributed by atoms with E-state index in [0.717, 1.165) is 11.3 Å². The van der Waals surface area contributed by atoms with Gasteiger partial charge in [-0.3, -0.25) is 0 Å². The normalized spacial score (nSPS) is 11.5. The number of aryl methyl sites for hydroxylation is 2. The Labute approximate surface area is 128 Å². The third-order valence-electron chi connectivity index (χ3n) is 3.48. The van der Waals surface area contributed by atoms with Gasteiger partial charge in [0, 0.05) is 0 Å². The van der Waals surface area contributed by atoms with Crippen LogP contribution in [0.1, 0.15) is 11.1 Å². The second-order valence-corrected chi connectivity index (χ2v) is 7.34. The fraction of sp³-hybridized carbons (Fsp3) is 0.125. The summed E-state index contributed by atoms with van der Waals surface area (Å²) in [6, 6.07) is 8.45. The number of hydrogen-bond donors (Lipinski definition) is 0. The summed E-state index contributed by atoms with van der Waals surface area (Å²) in [6.45, 7) is 4.18. The van der Waals surface area contributed by atoms with E-state index in [2.05, 4.69) is 69.3 Å². The van der Waals surface area contributed by atoms with Crippen LogP contribution in [0, 0.1) is 13.8 Å². The molecule has 4 nitrogen and oxygen atoms in total. The molecule has 5 heteroatoms. The zero-order valence-corrected chi connectivity index (χ0v) is 13.5. The van der Waals surface area contributed by atoms with Gasteiger partial charge < -0.3 is 0 Å². The molecule has 0 fully saturated rings. The summed E-state index contributed by atoms with van der Waals surface area (Å²) in [7, 11) is 0. The van der Waals surface area contributed by atoms with Gasteiger partial charge in [-0.1, -0.05) is 0 Å². The Balaban J connectivity index is 1.79. The van der Waals surface area contributed by atoms with Crippen molar-refractivity contribution in [2.45, 2.75) is 13.8 Å². The van der Waals surface area contributed by atoms with E-state index in [1.54, 1.807) is 0 Å². The van der Waals surface area contributed by atoms with Gasteiger partial charge in [0.1, 0.15) is 0 Å². The van der Waals surface area contributed by atoms with E-state index >= 15 is 0 Å². The first-order valence-electron chi connectivity index (χ1n) is 6.76. The first kappa shape index (κ1) is 12.6. The second-order valence-electron chi connectivity index (χ2n) is 5.16. The van der Waals surface area contributed by atoms with Crippen molar-refractivity contribution in [1.82, 2.24) is 18.8 Å². The Hall–Kier alpha value is -2.10. The van der Waals surface area contributed by atoms with Gasteiger partial charge in [-0.25, -0.2) is 0 Å². The van der Waals surface area contributed by atoms with Gasteiger partial charge >= 0.3 is 128 Å². The summed E-state index contributed by atoms with van der Waals surface area (Å²) >= 11 is 0.170. The number of hydrogen-bond acceptors (Lipinski definition) is 2. The second kappa shape index (κ2) is 4.72. The Morgan fingerprint density at radius 1 is 0.810 bits per heavy atom. The molecule has 4 heterocycles. The molecule has 0 saturated heterocycles. The zero-order valence-electron chi connectivity index (χ0n) is 11.8. The molecule has 0 saturated carbocycles. The van der Waals surface area contributed by atoms with Crippen LogP contribution in [0.15, 0.2) is 49.1 Å². The molecule has 0 aromatic carbocycles. The average Bonchev–Trinajstić information content (AvgIpc) is 3.03. The molecule has 1 radical (unpaired) electrons. The fourth-order valence-corrected chi connectivity index (χ4v) is 4.33. The quantitative estimate of drug-likeness (QED) is 0.515. The zero-order chi connectivity index (χ0) is 14.4. The Morgan fingerprint density at radius 2 is 1.29 bits per heavy atom. The first-order chi connectivity index (χ1) is 10.2. The number of nitrogens with zero attached hydrogens (tertiary/aromatic N) is 4. The SMILES string of the molecule is Cc1ccn2c([Se+]c3cnc4cc(C)ccn34)cnc2c1. The average molecular weight is 341 g/mol. The van der Waals surface area contributed by atoms with E-state index in [-0.39, 0.29) is 15.0 Å². The van der Waals surface area contributed by atoms with E-state index < -0.39 is 0 Å². The fourth-order valence-electron chi connectivity index (χ4n) is 2.38. The van der Waals surface area contributed by atoms with Crippen molar-refractivity contribution in [3.05, 3.63) is 60.2 Å². The van der Waals surface area contributed by atoms with Gasteiger partial charge in [-0.2, -0.15) is 0 Å². The van der Waals surface area contributed by atoms with Gasteiger partial charge in [0.25, 0.3) is 0 Å². The Morgan fingerprint density at radius 3 is 1.76 bits per heavy atom. The van der Waals surface area contributed by atoms with Crippen molar-refractivity contribution in [2.24, 2.45) is 0 Å². The van der Waals surface area contributed by atoms with E-state index in [9.17, 15) is 0 Å². The van der Waals surface area contributed by atoms with Crippen molar-refractivity contribution in [3.63, 3.8) is 0 Å². The molecule has 0 atom stereocenters. The molecule has 0 aliphatic rings. The molecule has 0 aliphatic heterocycles. The summed E-state index contributed by atoms with van der Waals surface area (Å²) in [6.07, 6.45) is 8.15. The molecule has 0 aliphatic carbocycles. The summed E-state index contributed by atoms with van der Waals surface area (Å²) in [5, 5.41) is 0. The number of rotatable bonds is 2. The number of fused-ring (bicyclic) bond motifs is 2. The van der Waals surface area contributed by atoms with Crippen molar-refractivity contribution < 1.29 is 0 Å². The molecule has 21 heavy (non-hydrogen) atoms. The topological polar surface area (TPSA) is 34.6 Å². The Kier molecular flexibility index (Phi) is 2.84. The maximum absolute atomic E-state index is 4.50. The van der Waals surface area contributed by atoms with E-state index in [4.69, 9.17) is 0 Å². The molecular weight excluding hydrogens is 327 g/mol. The van der Waals surface area contributed by atoms with Gasteiger partial charge in [0.15, 0.2) is 0 Å². The van der Waals surface area contributed by atoms with Crippen LogP contribution in [0.2, 0.25) is 0 Å². The van der Waals surface area contributed by atoms with Crippen LogP contribution in [-0.4, -0.2) is 33.7 Å². The first-order valence-corrected chi connectivity index (χ1v) is 8.47. The van der Waals surface area contributed by atoms with Gasteiger partial charge in [-0.05, 0) is 0 Å². The maximum atomic E-state index is 4.50. The third kappa shape index (κ3) is 2.15. The molecule has 4 aromatic rings. The molecular formula is C16H14N4Se+. The molecule has 0 N–H and O–H groups in total. The molecule has 0 amide bonds. The van der Waals surface area contributed by atoms with Crippen molar-refractivity contribution >= 4 is 35.4 Å². The van der Waals surface area contributed by atoms with Crippen LogP contribution in [0.5, 0.6) is 0 Å². The molecule has 0 bridgehead atoms. The van der Waals surface area contributed by atoms with Crippen LogP contribution in [-0.2, 0) is 0 Å². The Bertz CT molecular complexity index is 873. The summed E-state index contributed by atoms with van der Waals surface area (Å²) in [5.41, 5.74) is 4.49. The summed E-state index contributed by atoms with van der Waals surface area (Å²) < 4.78 is 6.81. The van der Waals surface area contributed by atoms with E-state index in [0.29, 0.717) is 0 Å². The monoisotopic (exact) mass is 342 g/mol. The van der Waals surface area contributed by atoms with Crippen molar-refractivity contribution in [2.75, 3.05) is 0 Å². The standard InChI is InChI=1S/C16H14N4Se/c1-11-3-5-19-13(7-11)17-9-15(19)21-16-10-18-14-8-12(2)4-6-20(14)16/h3-10H,1-2H3/q+1. The van der Waals surface area contributed by atoms with Crippen LogP contribution in [0.3, 0.4) is 0 Å². The number of pyridine rings is 2. The molecule has 4 aromatic heterocycles. The van der Waals surface area contributed by atoms with Crippen LogP contribution < -0.4 is 9.18 Å². The van der Waals surface area contributed by atoms with Crippen LogP contribution in [0.4, 0.5) is 0 Å². The minimum atomic E-state index is 0.170. The van der Waals surface area contributed by atoms with E-state index in [1.165, 1.54) is 20.3 Å². The van der Waals surface area contributed by atoms with E-state index in [1.807, 2.05) is 12.4 Å². The number of imidazole rings is 2. The van der Waals surface area contributed by atoms with Gasteiger partial charge in [-0.15, -0.1) is 0 Å². The minimum absolute atomic E-state index is 0.170.